The van der Waals surface area contributed by atoms with Crippen molar-refractivity contribution in [2.24, 2.45) is 0 Å². The van der Waals surface area contributed by atoms with Gasteiger partial charge in [0.2, 0.25) is 24.1 Å². The van der Waals surface area contributed by atoms with E-state index in [4.69, 9.17) is 9.47 Å². The molecule has 0 fully saturated rings. The van der Waals surface area contributed by atoms with Crippen LogP contribution in [0.4, 0.5) is 14.7 Å². The minimum Gasteiger partial charge on any atom is -0.481 e. The van der Waals surface area contributed by atoms with E-state index in [1.165, 1.54) is 20.4 Å². The summed E-state index contributed by atoms with van der Waals surface area (Å²) >= 11 is 0. The first-order valence-corrected chi connectivity index (χ1v) is 12.3. The summed E-state index contributed by atoms with van der Waals surface area (Å²) in [5.74, 6) is -0.00368. The Morgan fingerprint density at radius 1 is 1.20 bits per heavy atom. The second-order valence-corrected chi connectivity index (χ2v) is 9.61. The Bertz CT molecular complexity index is 1490. The zero-order chi connectivity index (χ0) is 24.7. The highest BCUT2D eigenvalue weighted by Crippen LogP contribution is 2.34. The monoisotopic (exact) mass is 504 g/mol. The number of nitrogens with zero attached hydrogens (tertiary/aromatic N) is 4. The van der Waals surface area contributed by atoms with Crippen molar-refractivity contribution >= 4 is 26.9 Å². The molecule has 4 aromatic rings. The van der Waals surface area contributed by atoms with E-state index in [1.54, 1.807) is 12.1 Å². The smallest absolute Gasteiger partial charge is 0.266 e. The predicted octanol–water partition coefficient (Wildman–Crippen LogP) is 3.39. The Hall–Kier alpha value is -3.74. The molecule has 1 aliphatic heterocycles. The molecule has 0 unspecified atom stereocenters. The van der Waals surface area contributed by atoms with Gasteiger partial charge in [-0.05, 0) is 18.9 Å². The fourth-order valence-electron chi connectivity index (χ4n) is 4.36. The average molecular weight is 505 g/mol. The number of hydrogen-bond acceptors (Lipinski definition) is 7. The van der Waals surface area contributed by atoms with Crippen LogP contribution in [-0.2, 0) is 29.4 Å². The van der Waals surface area contributed by atoms with Crippen molar-refractivity contribution in [3.63, 3.8) is 0 Å². The van der Waals surface area contributed by atoms with Crippen LogP contribution < -0.4 is 14.2 Å². The van der Waals surface area contributed by atoms with Gasteiger partial charge in [0.25, 0.3) is 10.0 Å². The van der Waals surface area contributed by atoms with Crippen molar-refractivity contribution in [3.8, 4) is 23.1 Å². The summed E-state index contributed by atoms with van der Waals surface area (Å²) in [6.45, 7) is 0.858. The SMILES string of the molecule is COc1nc(NS(=O)(=O)c2c[nH]c3c(-c4ncc5n4CCC5)cccc23)nc(OC)c1CC(F)F. The number of fused-ring (bicyclic) bond motifs is 2. The van der Waals surface area contributed by atoms with Gasteiger partial charge in [0.15, 0.2) is 0 Å². The molecule has 35 heavy (non-hydrogen) atoms. The average Bonchev–Trinajstić information content (AvgIpc) is 3.55. The Morgan fingerprint density at radius 2 is 1.94 bits per heavy atom. The summed E-state index contributed by atoms with van der Waals surface area (Å²) in [4.78, 5) is 15.5. The van der Waals surface area contributed by atoms with Gasteiger partial charge in [-0.2, -0.15) is 9.97 Å². The quantitative estimate of drug-likeness (QED) is 0.377. The lowest BCUT2D eigenvalue weighted by Crippen LogP contribution is -2.16. The molecule has 5 rings (SSSR count). The molecular formula is C22H22F2N6O4S. The molecule has 13 heteroatoms. The molecular weight excluding hydrogens is 482 g/mol. The molecule has 10 nitrogen and oxygen atoms in total. The third kappa shape index (κ3) is 4.05. The van der Waals surface area contributed by atoms with Crippen molar-refractivity contribution in [1.82, 2.24) is 24.5 Å². The van der Waals surface area contributed by atoms with Gasteiger partial charge in [-0.3, -0.25) is 0 Å². The summed E-state index contributed by atoms with van der Waals surface area (Å²) in [5, 5.41) is 0.457. The highest BCUT2D eigenvalue weighted by atomic mass is 32.2. The van der Waals surface area contributed by atoms with Crippen molar-refractivity contribution in [3.05, 3.63) is 41.9 Å². The number of hydrogen-bond donors (Lipinski definition) is 2. The normalized spacial score (nSPS) is 13.4. The van der Waals surface area contributed by atoms with E-state index in [1.807, 2.05) is 12.3 Å². The molecule has 0 atom stereocenters. The Balaban J connectivity index is 1.53. The number of aromatic nitrogens is 5. The molecule has 0 radical (unpaired) electrons. The number of H-pyrrole nitrogens is 1. The Morgan fingerprint density at radius 3 is 2.63 bits per heavy atom. The predicted molar refractivity (Wildman–Crippen MR) is 123 cm³/mol. The fourth-order valence-corrected chi connectivity index (χ4v) is 5.48. The number of aryl methyl sites for hydroxylation is 1. The number of anilines is 1. The van der Waals surface area contributed by atoms with Crippen LogP contribution in [0, 0.1) is 0 Å². The number of ether oxygens (including phenoxy) is 2. The topological polar surface area (TPSA) is 124 Å². The third-order valence-corrected chi connectivity index (χ3v) is 7.23. The lowest BCUT2D eigenvalue weighted by atomic mass is 10.1. The lowest BCUT2D eigenvalue weighted by Gasteiger charge is -2.13. The zero-order valence-corrected chi connectivity index (χ0v) is 19.7. The van der Waals surface area contributed by atoms with Crippen LogP contribution in [-0.4, -0.2) is 53.6 Å². The fraction of sp³-hybridized carbons (Fsp3) is 0.318. The van der Waals surface area contributed by atoms with E-state index in [0.29, 0.717) is 10.9 Å². The molecule has 0 bridgehead atoms. The van der Waals surface area contributed by atoms with Crippen molar-refractivity contribution in [1.29, 1.82) is 0 Å². The van der Waals surface area contributed by atoms with Crippen LogP contribution in [0.25, 0.3) is 22.3 Å². The lowest BCUT2D eigenvalue weighted by molar-refractivity contribution is 0.146. The molecule has 2 N–H and O–H groups in total. The molecule has 0 spiro atoms. The van der Waals surface area contributed by atoms with E-state index >= 15 is 0 Å². The first kappa shape index (κ1) is 23.0. The van der Waals surface area contributed by atoms with Gasteiger partial charge < -0.3 is 19.0 Å². The number of sulfonamides is 1. The number of alkyl halides is 2. The van der Waals surface area contributed by atoms with Crippen LogP contribution in [0.1, 0.15) is 17.7 Å². The van der Waals surface area contributed by atoms with Gasteiger partial charge in [0.05, 0.1) is 25.3 Å². The maximum atomic E-state index is 13.3. The summed E-state index contributed by atoms with van der Waals surface area (Å²) in [6, 6.07) is 5.34. The van der Waals surface area contributed by atoms with E-state index < -0.39 is 22.9 Å². The molecule has 0 amide bonds. The molecule has 1 aromatic carbocycles. The van der Waals surface area contributed by atoms with E-state index in [9.17, 15) is 17.2 Å². The number of methoxy groups -OCH3 is 2. The maximum Gasteiger partial charge on any atom is 0.266 e. The molecule has 1 aliphatic rings. The minimum absolute atomic E-state index is 0.0271. The second kappa shape index (κ2) is 8.80. The summed E-state index contributed by atoms with van der Waals surface area (Å²) in [6.07, 6.45) is 1.82. The Labute approximate surface area is 199 Å². The van der Waals surface area contributed by atoms with E-state index in [0.717, 1.165) is 36.5 Å². The van der Waals surface area contributed by atoms with Gasteiger partial charge in [0, 0.05) is 42.0 Å². The molecule has 3 aromatic heterocycles. The van der Waals surface area contributed by atoms with Crippen LogP contribution in [0.15, 0.2) is 35.5 Å². The highest BCUT2D eigenvalue weighted by molar-refractivity contribution is 7.93. The van der Waals surface area contributed by atoms with Gasteiger partial charge in [0.1, 0.15) is 10.7 Å². The largest absolute Gasteiger partial charge is 0.481 e. The van der Waals surface area contributed by atoms with Crippen LogP contribution in [0.3, 0.4) is 0 Å². The van der Waals surface area contributed by atoms with Crippen molar-refractivity contribution < 1.29 is 26.7 Å². The molecule has 184 valence electrons. The van der Waals surface area contributed by atoms with Gasteiger partial charge in [-0.25, -0.2) is 26.9 Å². The van der Waals surface area contributed by atoms with Crippen LogP contribution >= 0.6 is 0 Å². The standard InChI is InChI=1S/C22H22F2N6O4S/c1-33-20-15(9-17(23)24)21(34-2)28-22(27-20)29-35(31,32)16-11-25-18-13(16)6-3-7-14(18)19-26-10-12-5-4-8-30(12)19/h3,6-7,10-11,17,25H,4-5,8-9H2,1-2H3,(H,27,28,29). The van der Waals surface area contributed by atoms with E-state index in [-0.39, 0.29) is 28.2 Å². The first-order valence-electron chi connectivity index (χ1n) is 10.8. The number of aromatic amines is 1. The number of para-hydroxylation sites is 1. The number of nitrogens with one attached hydrogen (secondary N) is 2. The maximum absolute atomic E-state index is 13.3. The molecule has 0 saturated heterocycles. The number of benzene rings is 1. The summed E-state index contributed by atoms with van der Waals surface area (Å²) in [5.41, 5.74) is 2.50. The second-order valence-electron chi connectivity index (χ2n) is 7.95. The number of rotatable bonds is 8. The molecule has 4 heterocycles. The van der Waals surface area contributed by atoms with Gasteiger partial charge in [-0.15, -0.1) is 0 Å². The van der Waals surface area contributed by atoms with Gasteiger partial charge in [-0.1, -0.05) is 12.1 Å². The zero-order valence-electron chi connectivity index (χ0n) is 18.9. The van der Waals surface area contributed by atoms with Gasteiger partial charge >= 0.3 is 0 Å². The summed E-state index contributed by atoms with van der Waals surface area (Å²) < 4.78 is 67.1. The molecule has 0 aliphatic carbocycles. The Kier molecular flexibility index (Phi) is 5.79. The van der Waals surface area contributed by atoms with Crippen LogP contribution in [0.2, 0.25) is 0 Å². The first-order chi connectivity index (χ1) is 16.8. The van der Waals surface area contributed by atoms with Crippen molar-refractivity contribution in [2.45, 2.75) is 37.1 Å². The van der Waals surface area contributed by atoms with Crippen molar-refractivity contribution in [2.75, 3.05) is 18.9 Å². The molecule has 0 saturated carbocycles. The number of halogens is 2. The third-order valence-electron chi connectivity index (χ3n) is 5.86. The van der Waals surface area contributed by atoms with E-state index in [2.05, 4.69) is 29.2 Å². The number of imidazole rings is 1. The van der Waals surface area contributed by atoms with Crippen LogP contribution in [0.5, 0.6) is 11.8 Å². The minimum atomic E-state index is -4.17. The highest BCUT2D eigenvalue weighted by Gasteiger charge is 2.26. The summed E-state index contributed by atoms with van der Waals surface area (Å²) in [7, 11) is -1.69.